The van der Waals surface area contributed by atoms with Crippen LogP contribution in [0.2, 0.25) is 5.15 Å². The normalized spacial score (nSPS) is 26.7. The number of ether oxygens (including phenoxy) is 2. The van der Waals surface area contributed by atoms with Crippen LogP contribution >= 0.6 is 11.6 Å². The van der Waals surface area contributed by atoms with E-state index in [1.807, 2.05) is 32.6 Å². The predicted molar refractivity (Wildman–Crippen MR) is 126 cm³/mol. The lowest BCUT2D eigenvalue weighted by Crippen LogP contribution is -2.65. The first-order valence-corrected chi connectivity index (χ1v) is 12.1. The first-order valence-electron chi connectivity index (χ1n) is 11.7. The topological polar surface area (TPSA) is 88.0 Å². The molecule has 0 spiro atoms. The molecule has 2 fully saturated rings. The first kappa shape index (κ1) is 23.4. The fourth-order valence-corrected chi connectivity index (χ4v) is 6.03. The molecule has 2 saturated heterocycles. The van der Waals surface area contributed by atoms with E-state index in [4.69, 9.17) is 26.1 Å². The summed E-state index contributed by atoms with van der Waals surface area (Å²) >= 11 is 6.17. The van der Waals surface area contributed by atoms with Gasteiger partial charge in [-0.1, -0.05) is 11.6 Å². The molecule has 2 aromatic heterocycles. The molecule has 0 aliphatic carbocycles. The van der Waals surface area contributed by atoms with Crippen LogP contribution in [0, 0.1) is 12.7 Å². The molecule has 5 rings (SSSR count). The van der Waals surface area contributed by atoms with Gasteiger partial charge in [0.15, 0.2) is 11.0 Å². The van der Waals surface area contributed by atoms with Gasteiger partial charge in [0, 0.05) is 23.2 Å². The molecule has 184 valence electrons. The third kappa shape index (κ3) is 3.47. The van der Waals surface area contributed by atoms with Crippen molar-refractivity contribution in [3.05, 3.63) is 22.2 Å². The van der Waals surface area contributed by atoms with Crippen molar-refractivity contribution in [3.63, 3.8) is 0 Å². The Morgan fingerprint density at radius 2 is 2.00 bits per heavy atom. The SMILES string of the molecule is Cc1nc2c3c(nc(Cl)c(F)c3c1C(C)O)O[C@@H](C)[C@@H]1[C@@H]3CC[C@H](CN21)N3C(=O)OC(C)(C)C. The number of aliphatic hydroxyl groups is 1. The van der Waals surface area contributed by atoms with Crippen LogP contribution in [0.4, 0.5) is 15.0 Å². The zero-order chi connectivity index (χ0) is 24.7. The second-order valence-electron chi connectivity index (χ2n) is 10.5. The lowest BCUT2D eigenvalue weighted by atomic mass is 9.97. The number of piperazine rings is 1. The zero-order valence-corrected chi connectivity index (χ0v) is 21.0. The van der Waals surface area contributed by atoms with Crippen molar-refractivity contribution in [1.82, 2.24) is 14.9 Å². The number of pyridine rings is 2. The number of hydrogen-bond acceptors (Lipinski definition) is 7. The average Bonchev–Trinajstić information content (AvgIpc) is 2.96. The summed E-state index contributed by atoms with van der Waals surface area (Å²) in [5, 5.41) is 10.7. The number of nitrogens with zero attached hydrogens (tertiary/aromatic N) is 4. The van der Waals surface area contributed by atoms with Gasteiger partial charge in [-0.2, -0.15) is 4.98 Å². The number of fused-ring (bicyclic) bond motifs is 5. The van der Waals surface area contributed by atoms with Gasteiger partial charge < -0.3 is 19.5 Å². The van der Waals surface area contributed by atoms with Crippen LogP contribution in [0.25, 0.3) is 10.8 Å². The highest BCUT2D eigenvalue weighted by molar-refractivity contribution is 6.30. The van der Waals surface area contributed by atoms with Gasteiger partial charge >= 0.3 is 6.09 Å². The van der Waals surface area contributed by atoms with E-state index in [2.05, 4.69) is 9.88 Å². The Morgan fingerprint density at radius 3 is 2.65 bits per heavy atom. The van der Waals surface area contributed by atoms with E-state index in [0.29, 0.717) is 29.0 Å². The molecule has 2 aromatic rings. The Balaban J connectivity index is 1.68. The van der Waals surface area contributed by atoms with Gasteiger partial charge in [0.1, 0.15) is 17.5 Å². The maximum atomic E-state index is 15.4. The summed E-state index contributed by atoms with van der Waals surface area (Å²) < 4.78 is 27.4. The largest absolute Gasteiger partial charge is 0.472 e. The Bertz CT molecular complexity index is 1180. The fraction of sp³-hybridized carbons (Fsp3) is 0.625. The molecule has 1 amide bonds. The smallest absolute Gasteiger partial charge is 0.410 e. The standard InChI is InChI=1S/C24H30ClFN4O4/c1-10-15(11(2)31)16-17-21(27-10)29-9-13-7-8-14(30(13)23(32)34-24(4,5)6)19(29)12(3)33-22(17)28-20(25)18(16)26/h11-14,19,31H,7-9H2,1-6H3/t11?,12-,13+,14-,19+/m0/s1. The number of aliphatic hydroxyl groups excluding tert-OH is 1. The van der Waals surface area contributed by atoms with Crippen LogP contribution in [0.3, 0.4) is 0 Å². The molecule has 3 aliphatic rings. The molecule has 34 heavy (non-hydrogen) atoms. The summed E-state index contributed by atoms with van der Waals surface area (Å²) in [6.07, 6.45) is -0.0577. The maximum Gasteiger partial charge on any atom is 0.410 e. The number of hydrogen-bond donors (Lipinski definition) is 1. The second-order valence-corrected chi connectivity index (χ2v) is 10.9. The number of amides is 1. The summed E-state index contributed by atoms with van der Waals surface area (Å²) in [4.78, 5) is 26.1. The van der Waals surface area contributed by atoms with E-state index >= 15 is 4.39 Å². The predicted octanol–water partition coefficient (Wildman–Crippen LogP) is 4.52. The van der Waals surface area contributed by atoms with Crippen LogP contribution in [0.1, 0.15) is 64.8 Å². The monoisotopic (exact) mass is 492 g/mol. The van der Waals surface area contributed by atoms with Crippen LogP contribution in [0.15, 0.2) is 0 Å². The van der Waals surface area contributed by atoms with Gasteiger partial charge in [-0.3, -0.25) is 4.90 Å². The fourth-order valence-electron chi connectivity index (χ4n) is 5.86. The van der Waals surface area contributed by atoms with E-state index in [-0.39, 0.29) is 40.6 Å². The van der Waals surface area contributed by atoms with Gasteiger partial charge in [-0.25, -0.2) is 14.2 Å². The quantitative estimate of drug-likeness (QED) is 0.585. The van der Waals surface area contributed by atoms with E-state index in [1.54, 1.807) is 13.8 Å². The minimum absolute atomic E-state index is 0.0662. The highest BCUT2D eigenvalue weighted by Crippen LogP contribution is 2.47. The van der Waals surface area contributed by atoms with Crippen molar-refractivity contribution in [2.24, 2.45) is 0 Å². The molecule has 1 N–H and O–H groups in total. The molecule has 0 aromatic carbocycles. The van der Waals surface area contributed by atoms with Crippen molar-refractivity contribution < 1.29 is 23.8 Å². The van der Waals surface area contributed by atoms with Gasteiger partial charge in [-0.05, 0) is 54.4 Å². The van der Waals surface area contributed by atoms with Gasteiger partial charge in [0.2, 0.25) is 5.88 Å². The number of anilines is 1. The third-order valence-corrected chi connectivity index (χ3v) is 7.25. The van der Waals surface area contributed by atoms with E-state index < -0.39 is 23.6 Å². The number of aryl methyl sites for hydroxylation is 1. The molecule has 3 aliphatic heterocycles. The number of carbonyl (C=O) groups is 1. The van der Waals surface area contributed by atoms with Gasteiger partial charge in [0.05, 0.1) is 29.6 Å². The molecule has 8 nitrogen and oxygen atoms in total. The molecule has 0 radical (unpaired) electrons. The maximum absolute atomic E-state index is 15.4. The summed E-state index contributed by atoms with van der Waals surface area (Å²) in [7, 11) is 0. The van der Waals surface area contributed by atoms with Crippen LogP contribution < -0.4 is 9.64 Å². The Labute approximate surface area is 203 Å². The minimum Gasteiger partial charge on any atom is -0.472 e. The molecule has 1 unspecified atom stereocenters. The molecule has 2 bridgehead atoms. The van der Waals surface area contributed by atoms with Crippen molar-refractivity contribution >= 4 is 34.3 Å². The summed E-state index contributed by atoms with van der Waals surface area (Å²) in [6, 6.07) is -0.467. The van der Waals surface area contributed by atoms with Crippen molar-refractivity contribution in [1.29, 1.82) is 0 Å². The molecule has 5 atom stereocenters. The summed E-state index contributed by atoms with van der Waals surface area (Å²) in [5.74, 6) is 0.0329. The molecular formula is C24H30ClFN4O4. The average molecular weight is 493 g/mol. The number of rotatable bonds is 1. The van der Waals surface area contributed by atoms with Crippen molar-refractivity contribution in [2.75, 3.05) is 11.4 Å². The highest BCUT2D eigenvalue weighted by Gasteiger charge is 2.53. The van der Waals surface area contributed by atoms with Gasteiger partial charge in [-0.15, -0.1) is 0 Å². The Kier molecular flexibility index (Phi) is 5.37. The molecular weight excluding hydrogens is 463 g/mol. The van der Waals surface area contributed by atoms with E-state index in [0.717, 1.165) is 12.8 Å². The van der Waals surface area contributed by atoms with Crippen LogP contribution in [-0.4, -0.2) is 62.4 Å². The highest BCUT2D eigenvalue weighted by atomic mass is 35.5. The summed E-state index contributed by atoms with van der Waals surface area (Å²) in [6.45, 7) is 11.3. The van der Waals surface area contributed by atoms with Crippen molar-refractivity contribution in [2.45, 2.75) is 90.3 Å². The molecule has 0 saturated carbocycles. The summed E-state index contributed by atoms with van der Waals surface area (Å²) in [5.41, 5.74) is 0.279. The van der Waals surface area contributed by atoms with Crippen LogP contribution in [0.5, 0.6) is 5.88 Å². The Hall–Kier alpha value is -2.39. The number of aromatic nitrogens is 2. The zero-order valence-electron chi connectivity index (χ0n) is 20.2. The van der Waals surface area contributed by atoms with E-state index in [1.165, 1.54) is 0 Å². The van der Waals surface area contributed by atoms with Crippen molar-refractivity contribution in [3.8, 4) is 5.88 Å². The molecule has 10 heteroatoms. The van der Waals surface area contributed by atoms with Crippen LogP contribution in [-0.2, 0) is 4.74 Å². The number of carbonyl (C=O) groups excluding carboxylic acids is 1. The van der Waals surface area contributed by atoms with Gasteiger partial charge in [0.25, 0.3) is 0 Å². The third-order valence-electron chi connectivity index (χ3n) is 7.00. The van der Waals surface area contributed by atoms with E-state index in [9.17, 15) is 9.90 Å². The lowest BCUT2D eigenvalue weighted by Gasteiger charge is -2.48. The first-order chi connectivity index (χ1) is 15.9. The second kappa shape index (κ2) is 7.81. The minimum atomic E-state index is -0.959. The Morgan fingerprint density at radius 1 is 1.29 bits per heavy atom. The lowest BCUT2D eigenvalue weighted by molar-refractivity contribution is 0.000951. The molecule has 5 heterocycles. The number of halogens is 2.